The molecule has 1 amide bonds. The van der Waals surface area contributed by atoms with Crippen LogP contribution < -0.4 is 10.2 Å². The van der Waals surface area contributed by atoms with Crippen molar-refractivity contribution in [3.05, 3.63) is 12.2 Å². The van der Waals surface area contributed by atoms with Crippen LogP contribution in [0.2, 0.25) is 0 Å². The van der Waals surface area contributed by atoms with Gasteiger partial charge in [-0.15, -0.1) is 0 Å². The molecule has 0 aliphatic rings. The van der Waals surface area contributed by atoms with Crippen LogP contribution >= 0.6 is 7.82 Å². The second-order valence-corrected chi connectivity index (χ2v) is 21.7. The van der Waals surface area contributed by atoms with E-state index in [9.17, 15) is 19.4 Å². The summed E-state index contributed by atoms with van der Waals surface area (Å²) in [6.07, 6.45) is 56.3. The highest BCUT2D eigenvalue weighted by molar-refractivity contribution is 7.45. The van der Waals surface area contributed by atoms with Crippen LogP contribution in [0.25, 0.3) is 0 Å². The molecule has 3 unspecified atom stereocenters. The summed E-state index contributed by atoms with van der Waals surface area (Å²) in [6.45, 7) is 4.61. The van der Waals surface area contributed by atoms with Crippen molar-refractivity contribution in [2.75, 3.05) is 40.9 Å². The first-order valence-corrected chi connectivity index (χ1v) is 29.0. The highest BCUT2D eigenvalue weighted by atomic mass is 31.2. The SMILES string of the molecule is CCCCCCC/C=C/C(O)C(COP(=O)([O-])OCC[N+](C)(C)C)NC(=O)CCCCCCCCCCCCCCCCCCCCCCCCCCCCCCCCCCCC. The van der Waals surface area contributed by atoms with Crippen LogP contribution in [0.1, 0.15) is 277 Å². The summed E-state index contributed by atoms with van der Waals surface area (Å²) in [6, 6.07) is -0.878. The molecule has 0 saturated heterocycles. The van der Waals surface area contributed by atoms with Crippen LogP contribution in [0.15, 0.2) is 12.2 Å². The molecule has 0 aliphatic carbocycles. The number of aliphatic hydroxyl groups is 1. The van der Waals surface area contributed by atoms with E-state index >= 15 is 0 Å². The smallest absolute Gasteiger partial charge is 0.268 e. The number of amides is 1. The number of carbonyl (C=O) groups excluding carboxylic acids is 1. The Morgan fingerprint density at radius 3 is 1.19 bits per heavy atom. The summed E-state index contributed by atoms with van der Waals surface area (Å²) in [4.78, 5) is 25.2. The molecule has 0 spiro atoms. The summed E-state index contributed by atoms with van der Waals surface area (Å²) < 4.78 is 23.1. The molecule has 0 bridgehead atoms. The third-order valence-corrected chi connectivity index (χ3v) is 13.7. The number of aliphatic hydroxyl groups excluding tert-OH is 1. The number of nitrogens with one attached hydrogen (secondary N) is 1. The number of quaternary nitrogens is 1. The molecule has 0 aliphatic heterocycles. The van der Waals surface area contributed by atoms with Gasteiger partial charge in [0.1, 0.15) is 13.2 Å². The monoisotopic (exact) mass is 913 g/mol. The second-order valence-electron chi connectivity index (χ2n) is 20.3. The molecule has 2 N–H and O–H groups in total. The first kappa shape index (κ1) is 62.2. The van der Waals surface area contributed by atoms with E-state index in [4.69, 9.17) is 9.05 Å². The molecule has 0 saturated carbocycles. The lowest BCUT2D eigenvalue weighted by molar-refractivity contribution is -0.870. The number of allylic oxidation sites excluding steroid dienone is 1. The molecular weight excluding hydrogens is 804 g/mol. The maximum atomic E-state index is 12.8. The van der Waals surface area contributed by atoms with E-state index in [2.05, 4.69) is 19.2 Å². The standard InChI is InChI=1S/C54H109N2O6P/c1-6-8-10-12-14-15-16-17-18-19-20-21-22-23-24-25-26-27-28-29-30-31-32-33-34-35-36-37-38-39-40-42-44-46-48-54(58)55-52(53(57)47-45-43-41-13-11-9-7-2)51-62-63(59,60)61-50-49-56(3,4)5/h45,47,52-53,57H,6-44,46,48-51H2,1-5H3,(H-,55,58,59,60)/b47-45+. The molecule has 0 aromatic carbocycles. The Labute approximate surface area is 392 Å². The number of nitrogens with zero attached hydrogens (tertiary/aromatic N) is 1. The van der Waals surface area contributed by atoms with Crippen molar-refractivity contribution in [1.29, 1.82) is 0 Å². The van der Waals surface area contributed by atoms with Crippen molar-refractivity contribution in [3.8, 4) is 0 Å². The van der Waals surface area contributed by atoms with E-state index < -0.39 is 20.0 Å². The molecule has 0 fully saturated rings. The first-order chi connectivity index (χ1) is 30.5. The number of carbonyl (C=O) groups is 1. The van der Waals surface area contributed by atoms with Crippen LogP contribution in [0.3, 0.4) is 0 Å². The number of unbranched alkanes of at least 4 members (excludes halogenated alkanes) is 38. The number of hydrogen-bond donors (Lipinski definition) is 2. The van der Waals surface area contributed by atoms with Gasteiger partial charge >= 0.3 is 0 Å². The zero-order valence-corrected chi connectivity index (χ0v) is 43.7. The van der Waals surface area contributed by atoms with Gasteiger partial charge in [0.2, 0.25) is 5.91 Å². The minimum Gasteiger partial charge on any atom is -0.756 e. The van der Waals surface area contributed by atoms with Crippen LogP contribution in [0.5, 0.6) is 0 Å². The average molecular weight is 913 g/mol. The van der Waals surface area contributed by atoms with Gasteiger partial charge < -0.3 is 28.8 Å². The Kier molecular flexibility index (Phi) is 45.8. The molecule has 63 heavy (non-hydrogen) atoms. The van der Waals surface area contributed by atoms with Gasteiger partial charge in [-0.2, -0.15) is 0 Å². The Bertz CT molecular complexity index is 1040. The van der Waals surface area contributed by atoms with Crippen LogP contribution in [-0.2, 0) is 18.4 Å². The van der Waals surface area contributed by atoms with Crippen LogP contribution in [0.4, 0.5) is 0 Å². The molecule has 0 rings (SSSR count). The largest absolute Gasteiger partial charge is 0.756 e. The Balaban J connectivity index is 3.78. The fraction of sp³-hybridized carbons (Fsp3) is 0.944. The van der Waals surface area contributed by atoms with Crippen molar-refractivity contribution < 1.29 is 32.9 Å². The van der Waals surface area contributed by atoms with Gasteiger partial charge in [0.05, 0.1) is 39.9 Å². The first-order valence-electron chi connectivity index (χ1n) is 27.6. The Hall–Kier alpha value is -0.760. The molecule has 9 heteroatoms. The highest BCUT2D eigenvalue weighted by Crippen LogP contribution is 2.38. The maximum absolute atomic E-state index is 12.8. The van der Waals surface area contributed by atoms with Crippen molar-refractivity contribution in [2.45, 2.75) is 289 Å². The quantitative estimate of drug-likeness (QED) is 0.0272. The maximum Gasteiger partial charge on any atom is 0.268 e. The minimum absolute atomic E-state index is 0.00152. The Morgan fingerprint density at radius 1 is 0.540 bits per heavy atom. The lowest BCUT2D eigenvalue weighted by Crippen LogP contribution is -2.45. The average Bonchev–Trinajstić information content (AvgIpc) is 3.24. The van der Waals surface area contributed by atoms with Crippen molar-refractivity contribution in [2.24, 2.45) is 0 Å². The fourth-order valence-corrected chi connectivity index (χ4v) is 9.11. The van der Waals surface area contributed by atoms with Gasteiger partial charge in [-0.25, -0.2) is 0 Å². The molecule has 0 aromatic heterocycles. The van der Waals surface area contributed by atoms with E-state index in [0.717, 1.165) is 38.5 Å². The minimum atomic E-state index is -4.58. The summed E-state index contributed by atoms with van der Waals surface area (Å²) >= 11 is 0. The number of hydrogen-bond acceptors (Lipinski definition) is 6. The number of likely N-dealkylation sites (N-methyl/N-ethyl adjacent to an activating group) is 1. The Morgan fingerprint density at radius 2 is 0.857 bits per heavy atom. The number of phosphoric ester groups is 1. The topological polar surface area (TPSA) is 108 Å². The third kappa shape index (κ3) is 49.0. The molecule has 0 radical (unpaired) electrons. The van der Waals surface area contributed by atoms with Gasteiger partial charge in [-0.05, 0) is 19.3 Å². The molecule has 0 heterocycles. The zero-order valence-electron chi connectivity index (χ0n) is 42.8. The predicted octanol–water partition coefficient (Wildman–Crippen LogP) is 15.6. The van der Waals surface area contributed by atoms with Crippen molar-refractivity contribution in [3.63, 3.8) is 0 Å². The normalized spacial score (nSPS) is 14.1. The van der Waals surface area contributed by atoms with E-state index in [1.807, 2.05) is 27.2 Å². The van der Waals surface area contributed by atoms with E-state index in [1.165, 1.54) is 218 Å². The van der Waals surface area contributed by atoms with Crippen LogP contribution in [-0.4, -0.2) is 68.5 Å². The van der Waals surface area contributed by atoms with Gasteiger partial charge in [-0.1, -0.05) is 264 Å². The summed E-state index contributed by atoms with van der Waals surface area (Å²) in [5, 5.41) is 13.7. The zero-order chi connectivity index (χ0) is 46.4. The van der Waals surface area contributed by atoms with Gasteiger partial charge in [0, 0.05) is 6.42 Å². The summed E-state index contributed by atoms with van der Waals surface area (Å²) in [7, 11) is 1.27. The van der Waals surface area contributed by atoms with E-state index in [-0.39, 0.29) is 19.1 Å². The van der Waals surface area contributed by atoms with Gasteiger partial charge in [0.15, 0.2) is 0 Å². The fourth-order valence-electron chi connectivity index (χ4n) is 8.39. The second kappa shape index (κ2) is 46.4. The third-order valence-electron chi connectivity index (χ3n) is 12.7. The van der Waals surface area contributed by atoms with E-state index in [0.29, 0.717) is 17.4 Å². The highest BCUT2D eigenvalue weighted by Gasteiger charge is 2.23. The van der Waals surface area contributed by atoms with E-state index in [1.54, 1.807) is 6.08 Å². The molecule has 3 atom stereocenters. The molecule has 8 nitrogen and oxygen atoms in total. The van der Waals surface area contributed by atoms with Gasteiger partial charge in [0.25, 0.3) is 7.82 Å². The molecule has 0 aromatic rings. The molecular formula is C54H109N2O6P. The number of rotatable bonds is 51. The summed E-state index contributed by atoms with van der Waals surface area (Å²) in [5.41, 5.74) is 0. The van der Waals surface area contributed by atoms with Crippen molar-refractivity contribution in [1.82, 2.24) is 5.32 Å². The van der Waals surface area contributed by atoms with Gasteiger partial charge in [-0.3, -0.25) is 9.36 Å². The number of phosphoric acid groups is 1. The lowest BCUT2D eigenvalue weighted by Gasteiger charge is -2.29. The summed E-state index contributed by atoms with van der Waals surface area (Å²) in [5.74, 6) is -0.196. The predicted molar refractivity (Wildman–Crippen MR) is 270 cm³/mol. The van der Waals surface area contributed by atoms with Crippen LogP contribution in [0, 0.1) is 0 Å². The van der Waals surface area contributed by atoms with Crippen molar-refractivity contribution >= 4 is 13.7 Å². The molecule has 376 valence electrons. The lowest BCUT2D eigenvalue weighted by atomic mass is 10.0.